The second kappa shape index (κ2) is 15.4. The number of aromatic nitrogens is 2. The molecular formula is C34H34ClF3N6OS. The first-order valence-corrected chi connectivity index (χ1v) is 15.4. The van der Waals surface area contributed by atoms with E-state index in [1.807, 2.05) is 30.5 Å². The largest absolute Gasteiger partial charge is 0.416 e. The first kappa shape index (κ1) is 34.6. The molecule has 1 aromatic heterocycles. The highest BCUT2D eigenvalue weighted by Gasteiger charge is 2.38. The van der Waals surface area contributed by atoms with Crippen LogP contribution < -0.4 is 11.1 Å². The van der Waals surface area contributed by atoms with E-state index in [0.29, 0.717) is 34.9 Å². The molecule has 240 valence electrons. The molecule has 46 heavy (non-hydrogen) atoms. The van der Waals surface area contributed by atoms with Gasteiger partial charge in [-0.3, -0.25) is 4.79 Å². The van der Waals surface area contributed by atoms with Crippen LogP contribution >= 0.6 is 23.8 Å². The Kier molecular flexibility index (Phi) is 11.6. The normalized spacial score (nSPS) is 13.3. The zero-order chi connectivity index (χ0) is 33.4. The molecule has 0 aliphatic rings. The lowest BCUT2D eigenvalue weighted by Crippen LogP contribution is -2.55. The summed E-state index contributed by atoms with van der Waals surface area (Å²) in [5.74, 6) is -1.23. The number of carbonyl (C=O) groups is 1. The summed E-state index contributed by atoms with van der Waals surface area (Å²) in [7, 11) is 0. The first-order valence-electron chi connectivity index (χ1n) is 14.7. The summed E-state index contributed by atoms with van der Waals surface area (Å²) < 4.78 is 43.9. The standard InChI is InChI=1S/C34H34ClF3N6OS/c1-3-22(2)31(30(45)16-26-18-41-21-43(26)19-24-14-12-23(17-39)13-15-24)32(40)44(33(46)42-29-11-7-6-10-28(29)35)20-25-8-4-5-9-27(25)34(36,37)38/h4-15,18,21-22,31-32H,3,16,19-20,40H2,1-2H3,(H,42,46)/t22-,31+,32?/m0/s1. The van der Waals surface area contributed by atoms with Gasteiger partial charge >= 0.3 is 6.18 Å². The smallest absolute Gasteiger partial charge is 0.331 e. The van der Waals surface area contributed by atoms with Crippen LogP contribution in [0.2, 0.25) is 5.02 Å². The molecule has 0 amide bonds. The number of ketones is 1. The number of Topliss-reactive ketones (excluding diaryl/α,β-unsaturated/α-hetero) is 1. The van der Waals surface area contributed by atoms with Gasteiger partial charge in [-0.1, -0.05) is 74.3 Å². The highest BCUT2D eigenvalue weighted by Crippen LogP contribution is 2.34. The minimum Gasteiger partial charge on any atom is -0.331 e. The van der Waals surface area contributed by atoms with Crippen molar-refractivity contribution in [1.29, 1.82) is 5.26 Å². The van der Waals surface area contributed by atoms with E-state index >= 15 is 0 Å². The fraction of sp³-hybridized carbons (Fsp3) is 0.294. The molecular weight excluding hydrogens is 633 g/mol. The molecule has 4 rings (SSSR count). The van der Waals surface area contributed by atoms with Crippen LogP contribution in [0.15, 0.2) is 85.3 Å². The molecule has 0 fully saturated rings. The van der Waals surface area contributed by atoms with E-state index < -0.39 is 23.8 Å². The molecule has 3 atom stereocenters. The Morgan fingerprint density at radius 3 is 2.46 bits per heavy atom. The Balaban J connectivity index is 1.66. The summed E-state index contributed by atoms with van der Waals surface area (Å²) >= 11 is 12.1. The predicted octanol–water partition coefficient (Wildman–Crippen LogP) is 7.43. The van der Waals surface area contributed by atoms with E-state index in [9.17, 15) is 18.0 Å². The Bertz CT molecular complexity index is 1700. The van der Waals surface area contributed by atoms with E-state index in [-0.39, 0.29) is 35.3 Å². The first-order chi connectivity index (χ1) is 21.9. The molecule has 1 heterocycles. The van der Waals surface area contributed by atoms with Crippen LogP contribution in [0.4, 0.5) is 18.9 Å². The predicted molar refractivity (Wildman–Crippen MR) is 177 cm³/mol. The zero-order valence-electron chi connectivity index (χ0n) is 25.3. The lowest BCUT2D eigenvalue weighted by Gasteiger charge is -2.38. The number of para-hydroxylation sites is 1. The second-order valence-corrected chi connectivity index (χ2v) is 11.9. The van der Waals surface area contributed by atoms with Crippen LogP contribution in [0.5, 0.6) is 0 Å². The zero-order valence-corrected chi connectivity index (χ0v) is 26.9. The number of nitriles is 1. The van der Waals surface area contributed by atoms with Gasteiger partial charge in [0.15, 0.2) is 5.11 Å². The topological polar surface area (TPSA) is 100.0 Å². The number of nitrogens with two attached hydrogens (primary N) is 1. The summed E-state index contributed by atoms with van der Waals surface area (Å²) in [4.78, 5) is 19.8. The molecule has 1 unspecified atom stereocenters. The third-order valence-corrected chi connectivity index (χ3v) is 8.65. The van der Waals surface area contributed by atoms with Crippen LogP contribution in [-0.4, -0.2) is 31.5 Å². The number of halogens is 4. The molecule has 0 bridgehead atoms. The van der Waals surface area contributed by atoms with E-state index in [1.54, 1.807) is 48.9 Å². The van der Waals surface area contributed by atoms with Gasteiger partial charge in [-0.2, -0.15) is 18.4 Å². The molecule has 0 spiro atoms. The van der Waals surface area contributed by atoms with Crippen molar-refractivity contribution in [3.05, 3.63) is 118 Å². The third-order valence-electron chi connectivity index (χ3n) is 7.99. The van der Waals surface area contributed by atoms with Crippen molar-refractivity contribution in [3.63, 3.8) is 0 Å². The minimum atomic E-state index is -4.61. The molecule has 0 saturated heterocycles. The number of nitrogens with zero attached hydrogens (tertiary/aromatic N) is 4. The monoisotopic (exact) mass is 666 g/mol. The van der Waals surface area contributed by atoms with Crippen molar-refractivity contribution in [2.24, 2.45) is 17.6 Å². The Morgan fingerprint density at radius 2 is 1.80 bits per heavy atom. The lowest BCUT2D eigenvalue weighted by atomic mass is 9.83. The van der Waals surface area contributed by atoms with Crippen molar-refractivity contribution in [2.75, 3.05) is 5.32 Å². The SMILES string of the molecule is CC[C@H](C)[C@H](C(=O)Cc1cncn1Cc1ccc(C#N)cc1)C(N)N(Cc1ccccc1C(F)(F)F)C(=S)Nc1ccccc1Cl. The number of alkyl halides is 3. The van der Waals surface area contributed by atoms with Crippen LogP contribution in [0, 0.1) is 23.2 Å². The summed E-state index contributed by atoms with van der Waals surface area (Å²) in [6, 6.07) is 21.3. The molecule has 0 aliphatic heterocycles. The maximum atomic E-state index is 14.1. The van der Waals surface area contributed by atoms with Gasteiger partial charge in [0.05, 0.1) is 46.3 Å². The fourth-order valence-electron chi connectivity index (χ4n) is 5.29. The van der Waals surface area contributed by atoms with Crippen molar-refractivity contribution in [3.8, 4) is 6.07 Å². The Labute approximate surface area is 276 Å². The Hall–Kier alpha value is -4.24. The van der Waals surface area contributed by atoms with Gasteiger partial charge in [0, 0.05) is 31.4 Å². The average molecular weight is 667 g/mol. The second-order valence-electron chi connectivity index (χ2n) is 11.1. The van der Waals surface area contributed by atoms with Crippen LogP contribution in [0.3, 0.4) is 0 Å². The van der Waals surface area contributed by atoms with Gasteiger partial charge in [-0.15, -0.1) is 0 Å². The van der Waals surface area contributed by atoms with Crippen LogP contribution in [0.25, 0.3) is 0 Å². The van der Waals surface area contributed by atoms with E-state index in [2.05, 4.69) is 16.4 Å². The van der Waals surface area contributed by atoms with E-state index in [1.165, 1.54) is 23.1 Å². The molecule has 4 aromatic rings. The minimum absolute atomic E-state index is 0.00331. The van der Waals surface area contributed by atoms with Crippen molar-refractivity contribution in [2.45, 2.75) is 52.1 Å². The van der Waals surface area contributed by atoms with Crippen LogP contribution in [0.1, 0.15) is 48.2 Å². The summed E-state index contributed by atoms with van der Waals surface area (Å²) in [6.45, 7) is 3.95. The number of imidazole rings is 1. The number of benzene rings is 3. The maximum Gasteiger partial charge on any atom is 0.416 e. The highest BCUT2D eigenvalue weighted by atomic mass is 35.5. The molecule has 3 aromatic carbocycles. The summed E-state index contributed by atoms with van der Waals surface area (Å²) in [5.41, 5.74) is 8.59. The number of thiocarbonyl (C=S) groups is 1. The summed E-state index contributed by atoms with van der Waals surface area (Å²) in [6.07, 6.45) is -1.86. The van der Waals surface area contributed by atoms with Gasteiger partial charge < -0.3 is 20.5 Å². The Morgan fingerprint density at radius 1 is 1.13 bits per heavy atom. The van der Waals surface area contributed by atoms with E-state index in [0.717, 1.165) is 11.6 Å². The van der Waals surface area contributed by atoms with Gasteiger partial charge in [0.25, 0.3) is 0 Å². The van der Waals surface area contributed by atoms with Crippen molar-refractivity contribution in [1.82, 2.24) is 14.5 Å². The van der Waals surface area contributed by atoms with Crippen molar-refractivity contribution < 1.29 is 18.0 Å². The van der Waals surface area contributed by atoms with Gasteiger partial charge in [-0.05, 0) is 59.6 Å². The van der Waals surface area contributed by atoms with Crippen LogP contribution in [-0.2, 0) is 30.5 Å². The molecule has 7 nitrogen and oxygen atoms in total. The number of anilines is 1. The third kappa shape index (κ3) is 8.51. The molecule has 0 saturated carbocycles. The van der Waals surface area contributed by atoms with Gasteiger partial charge in [0.1, 0.15) is 5.78 Å². The number of hydrogen-bond donors (Lipinski definition) is 2. The van der Waals surface area contributed by atoms with Crippen molar-refractivity contribution >= 4 is 40.4 Å². The maximum absolute atomic E-state index is 14.1. The number of nitrogens with one attached hydrogen (secondary N) is 1. The van der Waals surface area contributed by atoms with Gasteiger partial charge in [0.2, 0.25) is 0 Å². The molecule has 3 N–H and O–H groups in total. The van der Waals surface area contributed by atoms with Gasteiger partial charge in [-0.25, -0.2) is 4.98 Å². The van der Waals surface area contributed by atoms with E-state index in [4.69, 9.17) is 34.8 Å². The lowest BCUT2D eigenvalue weighted by molar-refractivity contribution is -0.138. The molecule has 0 radical (unpaired) electrons. The number of carbonyl (C=O) groups excluding carboxylic acids is 1. The molecule has 12 heteroatoms. The number of rotatable bonds is 12. The number of hydrogen-bond acceptors (Lipinski definition) is 5. The molecule has 0 aliphatic carbocycles. The summed E-state index contributed by atoms with van der Waals surface area (Å²) in [5, 5.41) is 12.5. The highest BCUT2D eigenvalue weighted by molar-refractivity contribution is 7.80. The fourth-order valence-corrected chi connectivity index (χ4v) is 5.77. The average Bonchev–Trinajstić information content (AvgIpc) is 3.46. The quantitative estimate of drug-likeness (QED) is 0.120.